The lowest BCUT2D eigenvalue weighted by Gasteiger charge is -2.35. The van der Waals surface area contributed by atoms with Crippen molar-refractivity contribution in [2.24, 2.45) is 0 Å². The molecule has 5 rings (SSSR count). The van der Waals surface area contributed by atoms with Gasteiger partial charge in [-0.25, -0.2) is 14.4 Å². The highest BCUT2D eigenvalue weighted by Crippen LogP contribution is 2.25. The number of carbonyl (C=O) groups excluding carboxylic acids is 1. The zero-order valence-corrected chi connectivity index (χ0v) is 20.8. The molecule has 1 aromatic carbocycles. The van der Waals surface area contributed by atoms with Crippen molar-refractivity contribution in [3.8, 4) is 0 Å². The van der Waals surface area contributed by atoms with Gasteiger partial charge in [0.05, 0.1) is 16.3 Å². The molecule has 0 bridgehead atoms. The van der Waals surface area contributed by atoms with Crippen LogP contribution >= 0.6 is 22.9 Å². The third-order valence-corrected chi connectivity index (χ3v) is 7.22. The predicted octanol–water partition coefficient (Wildman–Crippen LogP) is 3.44. The summed E-state index contributed by atoms with van der Waals surface area (Å²) < 4.78 is 14.3. The minimum Gasteiger partial charge on any atom is -0.369 e. The topological polar surface area (TPSA) is 76.6 Å². The Bertz CT molecular complexity index is 1160. The first kappa shape index (κ1) is 23.9. The predicted molar refractivity (Wildman–Crippen MR) is 137 cm³/mol. The van der Waals surface area contributed by atoms with Gasteiger partial charge in [-0.3, -0.25) is 9.69 Å². The van der Waals surface area contributed by atoms with Crippen molar-refractivity contribution in [2.45, 2.75) is 6.54 Å². The molecule has 0 spiro atoms. The molecule has 2 fully saturated rings. The van der Waals surface area contributed by atoms with Gasteiger partial charge in [0.2, 0.25) is 0 Å². The maximum absolute atomic E-state index is 14.3. The van der Waals surface area contributed by atoms with Crippen LogP contribution in [0.4, 0.5) is 21.0 Å². The van der Waals surface area contributed by atoms with Gasteiger partial charge >= 0.3 is 0 Å². The second-order valence-corrected chi connectivity index (χ2v) is 9.87. The van der Waals surface area contributed by atoms with Gasteiger partial charge < -0.3 is 20.4 Å². The summed E-state index contributed by atoms with van der Waals surface area (Å²) in [5.74, 6) is -0.203. The molecule has 8 nitrogen and oxygen atoms in total. The molecule has 2 aromatic heterocycles. The Hall–Kier alpha value is -2.79. The van der Waals surface area contributed by atoms with E-state index >= 15 is 0 Å². The van der Waals surface area contributed by atoms with Crippen LogP contribution in [0.3, 0.4) is 0 Å². The number of halogens is 2. The lowest BCUT2D eigenvalue weighted by atomic mass is 10.1. The molecule has 0 radical (unpaired) electrons. The minimum atomic E-state index is -0.657. The van der Waals surface area contributed by atoms with E-state index in [1.54, 1.807) is 17.2 Å². The lowest BCUT2D eigenvalue weighted by Crippen LogP contribution is -2.48. The Kier molecular flexibility index (Phi) is 7.43. The van der Waals surface area contributed by atoms with E-state index in [1.807, 2.05) is 5.38 Å². The first-order valence-corrected chi connectivity index (χ1v) is 12.9. The lowest BCUT2D eigenvalue weighted by molar-refractivity contribution is 0.0622. The smallest absolute Gasteiger partial charge is 0.256 e. The quantitative estimate of drug-likeness (QED) is 0.521. The molecule has 35 heavy (non-hydrogen) atoms. The number of nitrogens with zero attached hydrogens (tertiary/aromatic N) is 5. The van der Waals surface area contributed by atoms with Gasteiger partial charge in [-0.1, -0.05) is 17.7 Å². The number of aromatic nitrogens is 2. The number of benzene rings is 1. The van der Waals surface area contributed by atoms with Crippen molar-refractivity contribution < 1.29 is 9.18 Å². The summed E-state index contributed by atoms with van der Waals surface area (Å²) >= 11 is 7.40. The molecule has 2 aliphatic heterocycles. The summed E-state index contributed by atoms with van der Waals surface area (Å²) in [6, 6.07) is 8.76. The Balaban J connectivity index is 1.27. The highest BCUT2D eigenvalue weighted by atomic mass is 35.5. The van der Waals surface area contributed by atoms with Crippen LogP contribution in [-0.2, 0) is 6.54 Å². The molecular weight excluding hydrogens is 489 g/mol. The number of piperazine rings is 2. The van der Waals surface area contributed by atoms with E-state index < -0.39 is 5.82 Å². The van der Waals surface area contributed by atoms with E-state index in [-0.39, 0.29) is 16.5 Å². The number of nitrogens with one attached hydrogen (secondary N) is 2. The second-order valence-electron chi connectivity index (χ2n) is 8.57. The number of pyridine rings is 1. The highest BCUT2D eigenvalue weighted by molar-refractivity contribution is 7.13. The third-order valence-electron chi connectivity index (χ3n) is 6.24. The van der Waals surface area contributed by atoms with E-state index in [4.69, 9.17) is 16.6 Å². The summed E-state index contributed by atoms with van der Waals surface area (Å²) in [6.07, 6.45) is 1.77. The van der Waals surface area contributed by atoms with Gasteiger partial charge in [-0.2, -0.15) is 0 Å². The van der Waals surface area contributed by atoms with Crippen LogP contribution < -0.4 is 15.5 Å². The fourth-order valence-electron chi connectivity index (χ4n) is 4.39. The second kappa shape index (κ2) is 10.9. The Morgan fingerprint density at radius 3 is 2.69 bits per heavy atom. The first-order valence-electron chi connectivity index (χ1n) is 11.7. The molecule has 2 N–H and O–H groups in total. The van der Waals surface area contributed by atoms with Crippen LogP contribution in [0.15, 0.2) is 41.9 Å². The van der Waals surface area contributed by atoms with Gasteiger partial charge in [0, 0.05) is 82.2 Å². The van der Waals surface area contributed by atoms with Crippen molar-refractivity contribution in [1.29, 1.82) is 0 Å². The third kappa shape index (κ3) is 5.72. The number of rotatable bonds is 6. The fourth-order valence-corrected chi connectivity index (χ4v) is 5.10. The average Bonchev–Trinajstić information content (AvgIpc) is 3.39. The number of thiazole rings is 1. The van der Waals surface area contributed by atoms with Gasteiger partial charge in [0.15, 0.2) is 10.9 Å². The van der Waals surface area contributed by atoms with Gasteiger partial charge in [-0.05, 0) is 18.2 Å². The molecule has 11 heteroatoms. The van der Waals surface area contributed by atoms with E-state index in [1.165, 1.54) is 23.5 Å². The molecular formula is C24H27ClFN7OS. The van der Waals surface area contributed by atoms with Crippen LogP contribution in [0.25, 0.3) is 0 Å². The molecule has 0 unspecified atom stereocenters. The maximum atomic E-state index is 14.3. The van der Waals surface area contributed by atoms with Crippen molar-refractivity contribution in [2.75, 3.05) is 62.6 Å². The molecule has 0 aliphatic carbocycles. The van der Waals surface area contributed by atoms with Crippen LogP contribution in [0.5, 0.6) is 0 Å². The standard InChI is InChI=1S/C24H27ClFN7OS/c25-20-3-1-2-19(22(20)26)23(34)33-11-9-31(10-12-33)16-17-14-18(32-7-4-27-5-8-32)15-21(29-17)30-24-28-6-13-35-24/h1-3,6,13-15,27H,4-5,7-12,16H2,(H,28,29,30). The summed E-state index contributed by atoms with van der Waals surface area (Å²) in [7, 11) is 0. The van der Waals surface area contributed by atoms with E-state index in [0.29, 0.717) is 32.7 Å². The number of amides is 1. The van der Waals surface area contributed by atoms with Crippen LogP contribution in [0, 0.1) is 5.82 Å². The van der Waals surface area contributed by atoms with E-state index in [9.17, 15) is 9.18 Å². The van der Waals surface area contributed by atoms with E-state index in [0.717, 1.165) is 48.5 Å². The largest absolute Gasteiger partial charge is 0.369 e. The van der Waals surface area contributed by atoms with Gasteiger partial charge in [0.1, 0.15) is 5.82 Å². The Morgan fingerprint density at radius 1 is 1.14 bits per heavy atom. The Labute approximate surface area is 212 Å². The normalized spacial score (nSPS) is 17.0. The molecule has 2 saturated heterocycles. The first-order chi connectivity index (χ1) is 17.1. The number of hydrogen-bond acceptors (Lipinski definition) is 8. The monoisotopic (exact) mass is 515 g/mol. The fraction of sp³-hybridized carbons (Fsp3) is 0.375. The SMILES string of the molecule is O=C(c1cccc(Cl)c1F)N1CCN(Cc2cc(N3CCNCC3)cc(Nc3nccs3)n2)CC1. The van der Waals surface area contributed by atoms with Crippen molar-refractivity contribution in [1.82, 2.24) is 25.1 Å². The molecule has 3 aromatic rings. The van der Waals surface area contributed by atoms with Gasteiger partial charge in [-0.15, -0.1) is 11.3 Å². The van der Waals surface area contributed by atoms with Crippen LogP contribution in [-0.4, -0.2) is 78.0 Å². The Morgan fingerprint density at radius 2 is 1.94 bits per heavy atom. The minimum absolute atomic E-state index is 0.0224. The van der Waals surface area contributed by atoms with Gasteiger partial charge in [0.25, 0.3) is 5.91 Å². The molecule has 1 amide bonds. The van der Waals surface area contributed by atoms with Crippen molar-refractivity contribution in [3.05, 3.63) is 64.0 Å². The molecule has 0 saturated carbocycles. The zero-order chi connectivity index (χ0) is 24.2. The number of hydrogen-bond donors (Lipinski definition) is 2. The summed E-state index contributed by atoms with van der Waals surface area (Å²) in [4.78, 5) is 28.3. The number of anilines is 3. The maximum Gasteiger partial charge on any atom is 0.256 e. The average molecular weight is 516 g/mol. The highest BCUT2D eigenvalue weighted by Gasteiger charge is 2.25. The van der Waals surface area contributed by atoms with Crippen molar-refractivity contribution in [3.63, 3.8) is 0 Å². The van der Waals surface area contributed by atoms with Crippen LogP contribution in [0.2, 0.25) is 5.02 Å². The van der Waals surface area contributed by atoms with Crippen molar-refractivity contribution >= 4 is 45.5 Å². The molecule has 184 valence electrons. The summed E-state index contributed by atoms with van der Waals surface area (Å²) in [6.45, 7) is 6.87. The summed E-state index contributed by atoms with van der Waals surface area (Å²) in [5, 5.41) is 9.42. The molecule has 2 aliphatic rings. The van der Waals surface area contributed by atoms with E-state index in [2.05, 4.69) is 37.6 Å². The zero-order valence-electron chi connectivity index (χ0n) is 19.2. The summed E-state index contributed by atoms with van der Waals surface area (Å²) in [5.41, 5.74) is 2.12. The molecule has 4 heterocycles. The molecule has 0 atom stereocenters. The number of carbonyl (C=O) groups is 1. The van der Waals surface area contributed by atoms with Crippen LogP contribution in [0.1, 0.15) is 16.1 Å².